The van der Waals surface area contributed by atoms with Crippen LogP contribution in [0.4, 0.5) is 0 Å². The Morgan fingerprint density at radius 3 is 2.85 bits per heavy atom. The van der Waals surface area contributed by atoms with E-state index in [1.807, 2.05) is 36.4 Å². The topological polar surface area (TPSA) is 41.1 Å². The molecule has 1 saturated heterocycles. The lowest BCUT2D eigenvalue weighted by Gasteiger charge is -2.16. The van der Waals surface area contributed by atoms with Crippen molar-refractivity contribution in [2.45, 2.75) is 25.3 Å². The van der Waals surface area contributed by atoms with Crippen LogP contribution in [0, 0.1) is 0 Å². The van der Waals surface area contributed by atoms with Crippen molar-refractivity contribution in [3.05, 3.63) is 48.0 Å². The summed E-state index contributed by atoms with van der Waals surface area (Å²) in [6, 6.07) is 14.2. The van der Waals surface area contributed by atoms with Crippen LogP contribution in [0.15, 0.2) is 42.5 Å². The number of hydrogen-bond donors (Lipinski definition) is 2. The van der Waals surface area contributed by atoms with Crippen LogP contribution >= 0.6 is 0 Å². The molecule has 2 aromatic rings. The number of rotatable bonds is 2. The van der Waals surface area contributed by atoms with Gasteiger partial charge in [0.05, 0.1) is 0 Å². The Kier molecular flexibility index (Phi) is 3.97. The molecule has 1 amide bonds. The molecule has 3 rings (SSSR count). The zero-order chi connectivity index (χ0) is 13.8. The van der Waals surface area contributed by atoms with E-state index in [2.05, 4.69) is 16.7 Å². The molecule has 3 nitrogen and oxygen atoms in total. The third-order valence-electron chi connectivity index (χ3n) is 3.89. The number of amides is 1. The molecule has 2 aromatic carbocycles. The summed E-state index contributed by atoms with van der Waals surface area (Å²) in [5.41, 5.74) is 0.743. The zero-order valence-electron chi connectivity index (χ0n) is 11.6. The molecule has 1 aliphatic rings. The normalized spacial score (nSPS) is 19.5. The van der Waals surface area contributed by atoms with E-state index in [4.69, 9.17) is 0 Å². The summed E-state index contributed by atoms with van der Waals surface area (Å²) in [5, 5.41) is 8.78. The van der Waals surface area contributed by atoms with E-state index >= 15 is 0 Å². The highest BCUT2D eigenvalue weighted by atomic mass is 16.1. The van der Waals surface area contributed by atoms with Gasteiger partial charge < -0.3 is 10.6 Å². The molecule has 0 bridgehead atoms. The first-order valence-electron chi connectivity index (χ1n) is 7.33. The van der Waals surface area contributed by atoms with Gasteiger partial charge in [0.15, 0.2) is 0 Å². The van der Waals surface area contributed by atoms with Gasteiger partial charge in [-0.2, -0.15) is 0 Å². The van der Waals surface area contributed by atoms with Gasteiger partial charge in [-0.15, -0.1) is 0 Å². The van der Waals surface area contributed by atoms with E-state index in [1.165, 1.54) is 18.2 Å². The van der Waals surface area contributed by atoms with Crippen molar-refractivity contribution in [2.75, 3.05) is 13.1 Å². The maximum atomic E-state index is 12.3. The van der Waals surface area contributed by atoms with E-state index in [9.17, 15) is 4.79 Å². The average molecular weight is 268 g/mol. The Morgan fingerprint density at radius 2 is 1.95 bits per heavy atom. The van der Waals surface area contributed by atoms with Gasteiger partial charge in [0.2, 0.25) is 0 Å². The number of carbonyl (C=O) groups excluding carboxylic acids is 1. The summed E-state index contributed by atoms with van der Waals surface area (Å²) in [6.45, 7) is 1.93. The molecule has 3 heteroatoms. The van der Waals surface area contributed by atoms with Crippen LogP contribution in [0.2, 0.25) is 0 Å². The number of hydrogen-bond acceptors (Lipinski definition) is 2. The molecule has 0 saturated carbocycles. The fraction of sp³-hybridized carbons (Fsp3) is 0.353. The molecule has 104 valence electrons. The second kappa shape index (κ2) is 6.06. The number of fused-ring (bicyclic) bond motifs is 1. The van der Waals surface area contributed by atoms with Crippen LogP contribution in [0.3, 0.4) is 0 Å². The monoisotopic (exact) mass is 268 g/mol. The highest BCUT2D eigenvalue weighted by molar-refractivity contribution is 5.98. The Morgan fingerprint density at radius 1 is 1.10 bits per heavy atom. The molecular weight excluding hydrogens is 248 g/mol. The molecule has 1 atom stereocenters. The highest BCUT2D eigenvalue weighted by Gasteiger charge is 2.15. The van der Waals surface area contributed by atoms with Crippen LogP contribution in [0.1, 0.15) is 29.6 Å². The fourth-order valence-corrected chi connectivity index (χ4v) is 2.74. The van der Waals surface area contributed by atoms with Crippen LogP contribution in [-0.2, 0) is 0 Å². The Balaban J connectivity index is 1.74. The van der Waals surface area contributed by atoms with Gasteiger partial charge in [-0.1, -0.05) is 36.8 Å². The second-order valence-corrected chi connectivity index (χ2v) is 5.43. The van der Waals surface area contributed by atoms with Gasteiger partial charge in [-0.05, 0) is 42.3 Å². The first-order valence-corrected chi connectivity index (χ1v) is 7.33. The molecule has 1 unspecified atom stereocenters. The van der Waals surface area contributed by atoms with Gasteiger partial charge in [0, 0.05) is 18.2 Å². The lowest BCUT2D eigenvalue weighted by atomic mass is 10.1. The molecule has 0 spiro atoms. The van der Waals surface area contributed by atoms with Gasteiger partial charge >= 0.3 is 0 Å². The summed E-state index contributed by atoms with van der Waals surface area (Å²) in [4.78, 5) is 12.3. The van der Waals surface area contributed by atoms with Gasteiger partial charge in [-0.25, -0.2) is 0 Å². The summed E-state index contributed by atoms with van der Waals surface area (Å²) < 4.78 is 0. The minimum absolute atomic E-state index is 0.0319. The van der Waals surface area contributed by atoms with E-state index in [-0.39, 0.29) is 11.9 Å². The van der Waals surface area contributed by atoms with E-state index < -0.39 is 0 Å². The molecule has 0 aliphatic carbocycles. The summed E-state index contributed by atoms with van der Waals surface area (Å²) in [7, 11) is 0. The SMILES string of the molecule is O=C(NC1CCCCNC1)c1ccc2ccccc2c1. The lowest BCUT2D eigenvalue weighted by Crippen LogP contribution is -2.40. The van der Waals surface area contributed by atoms with Crippen molar-refractivity contribution >= 4 is 16.7 Å². The maximum Gasteiger partial charge on any atom is 0.251 e. The Bertz CT molecular complexity index is 601. The van der Waals surface area contributed by atoms with Crippen molar-refractivity contribution in [3.63, 3.8) is 0 Å². The fourth-order valence-electron chi connectivity index (χ4n) is 2.74. The van der Waals surface area contributed by atoms with Crippen molar-refractivity contribution < 1.29 is 4.79 Å². The summed E-state index contributed by atoms with van der Waals surface area (Å²) >= 11 is 0. The standard InChI is InChI=1S/C17H20N2O/c20-17(19-16-7-3-4-10-18-12-16)15-9-8-13-5-1-2-6-14(13)11-15/h1-2,5-6,8-9,11,16,18H,3-4,7,10,12H2,(H,19,20). The van der Waals surface area contributed by atoms with Gasteiger partial charge in [-0.3, -0.25) is 4.79 Å². The van der Waals surface area contributed by atoms with Crippen LogP contribution in [-0.4, -0.2) is 25.0 Å². The van der Waals surface area contributed by atoms with E-state index in [0.29, 0.717) is 0 Å². The van der Waals surface area contributed by atoms with Crippen molar-refractivity contribution in [3.8, 4) is 0 Å². The van der Waals surface area contributed by atoms with Crippen LogP contribution in [0.25, 0.3) is 10.8 Å². The minimum Gasteiger partial charge on any atom is -0.348 e. The predicted octanol–water partition coefficient (Wildman–Crippen LogP) is 2.71. The maximum absolute atomic E-state index is 12.3. The first-order chi connectivity index (χ1) is 9.83. The number of nitrogens with one attached hydrogen (secondary N) is 2. The lowest BCUT2D eigenvalue weighted by molar-refractivity contribution is 0.0935. The number of carbonyl (C=O) groups is 1. The van der Waals surface area contributed by atoms with Gasteiger partial charge in [0.1, 0.15) is 0 Å². The number of benzene rings is 2. The molecule has 0 aromatic heterocycles. The third kappa shape index (κ3) is 2.99. The second-order valence-electron chi connectivity index (χ2n) is 5.43. The van der Waals surface area contributed by atoms with Crippen LogP contribution < -0.4 is 10.6 Å². The van der Waals surface area contributed by atoms with Crippen molar-refractivity contribution in [1.29, 1.82) is 0 Å². The third-order valence-corrected chi connectivity index (χ3v) is 3.89. The van der Waals surface area contributed by atoms with E-state index in [0.717, 1.165) is 30.5 Å². The molecule has 20 heavy (non-hydrogen) atoms. The van der Waals surface area contributed by atoms with E-state index in [1.54, 1.807) is 0 Å². The molecule has 2 N–H and O–H groups in total. The summed E-state index contributed by atoms with van der Waals surface area (Å²) in [6.07, 6.45) is 3.43. The smallest absolute Gasteiger partial charge is 0.251 e. The summed E-state index contributed by atoms with van der Waals surface area (Å²) in [5.74, 6) is 0.0319. The zero-order valence-corrected chi connectivity index (χ0v) is 11.6. The first kappa shape index (κ1) is 13.1. The molecule has 1 fully saturated rings. The molecule has 1 heterocycles. The molecule has 1 aliphatic heterocycles. The predicted molar refractivity (Wildman–Crippen MR) is 81.9 cm³/mol. The van der Waals surface area contributed by atoms with Crippen molar-refractivity contribution in [2.24, 2.45) is 0 Å². The van der Waals surface area contributed by atoms with Crippen LogP contribution in [0.5, 0.6) is 0 Å². The van der Waals surface area contributed by atoms with Gasteiger partial charge in [0.25, 0.3) is 5.91 Å². The average Bonchev–Trinajstić information content (AvgIpc) is 2.75. The quantitative estimate of drug-likeness (QED) is 0.879. The highest BCUT2D eigenvalue weighted by Crippen LogP contribution is 2.16. The Labute approximate surface area is 119 Å². The molecule has 0 radical (unpaired) electrons. The largest absolute Gasteiger partial charge is 0.348 e. The Hall–Kier alpha value is -1.87. The minimum atomic E-state index is 0.0319. The van der Waals surface area contributed by atoms with Crippen molar-refractivity contribution in [1.82, 2.24) is 10.6 Å². The molecular formula is C17H20N2O.